The van der Waals surface area contributed by atoms with E-state index < -0.39 is 0 Å². The molecule has 0 aromatic rings. The Morgan fingerprint density at radius 3 is 2.69 bits per heavy atom. The van der Waals surface area contributed by atoms with Gasteiger partial charge < -0.3 is 11.1 Å². The molecule has 0 aliphatic carbocycles. The van der Waals surface area contributed by atoms with Crippen LogP contribution < -0.4 is 11.1 Å². The van der Waals surface area contributed by atoms with Gasteiger partial charge in [0.2, 0.25) is 5.91 Å². The van der Waals surface area contributed by atoms with Gasteiger partial charge in [-0.2, -0.15) is 0 Å². The lowest BCUT2D eigenvalue weighted by Crippen LogP contribution is -2.25. The minimum atomic E-state index is 0.0867. The largest absolute Gasteiger partial charge is 0.352 e. The van der Waals surface area contributed by atoms with Crippen LogP contribution in [0.1, 0.15) is 33.1 Å². The third-order valence-electron chi connectivity index (χ3n) is 1.65. The molecule has 0 rings (SSSR count). The lowest BCUT2D eigenvalue weighted by molar-refractivity contribution is -0.121. The Morgan fingerprint density at radius 1 is 1.62 bits per heavy atom. The van der Waals surface area contributed by atoms with Crippen molar-refractivity contribution in [2.24, 2.45) is 5.73 Å². The Hall–Kier alpha value is -0.830. The number of carbonyl (C=O) groups is 1. The molecule has 0 aliphatic rings. The summed E-state index contributed by atoms with van der Waals surface area (Å²) in [6.07, 6.45) is 2.33. The van der Waals surface area contributed by atoms with Crippen molar-refractivity contribution < 1.29 is 4.79 Å². The number of hydrogen-bond donors (Lipinski definition) is 2. The fraction of sp³-hybridized carbons (Fsp3) is 0.700. The summed E-state index contributed by atoms with van der Waals surface area (Å²) in [6, 6.07) is 0.189. The first-order valence-corrected chi connectivity index (χ1v) is 4.69. The molecule has 0 fully saturated rings. The summed E-state index contributed by atoms with van der Waals surface area (Å²) in [4.78, 5) is 11.1. The highest BCUT2D eigenvalue weighted by molar-refractivity contribution is 5.76. The molecular formula is C10H20N2O. The summed E-state index contributed by atoms with van der Waals surface area (Å²) >= 11 is 0. The maximum absolute atomic E-state index is 11.1. The van der Waals surface area contributed by atoms with Crippen LogP contribution in [0.3, 0.4) is 0 Å². The highest BCUT2D eigenvalue weighted by Crippen LogP contribution is 1.98. The van der Waals surface area contributed by atoms with Gasteiger partial charge in [0.05, 0.1) is 0 Å². The van der Waals surface area contributed by atoms with Crippen molar-refractivity contribution in [1.29, 1.82) is 0 Å². The zero-order valence-electron chi connectivity index (χ0n) is 8.60. The summed E-state index contributed by atoms with van der Waals surface area (Å²) in [5.41, 5.74) is 6.53. The molecule has 0 saturated carbocycles. The molecule has 0 aromatic carbocycles. The van der Waals surface area contributed by atoms with Gasteiger partial charge in [0.25, 0.3) is 0 Å². The Bertz CT molecular complexity index is 176. The average molecular weight is 184 g/mol. The van der Waals surface area contributed by atoms with Gasteiger partial charge in [-0.25, -0.2) is 0 Å². The highest BCUT2D eigenvalue weighted by Gasteiger charge is 2.01. The number of rotatable bonds is 6. The summed E-state index contributed by atoms with van der Waals surface area (Å²) < 4.78 is 0. The molecule has 3 nitrogen and oxygen atoms in total. The first kappa shape index (κ1) is 12.2. The van der Waals surface area contributed by atoms with E-state index in [0.29, 0.717) is 13.0 Å². The first-order chi connectivity index (χ1) is 6.02. The van der Waals surface area contributed by atoms with Gasteiger partial charge in [0, 0.05) is 19.0 Å². The molecule has 0 heterocycles. The lowest BCUT2D eigenvalue weighted by Gasteiger charge is -2.05. The fourth-order valence-corrected chi connectivity index (χ4v) is 0.922. The van der Waals surface area contributed by atoms with Crippen LogP contribution in [0, 0.1) is 0 Å². The third-order valence-corrected chi connectivity index (χ3v) is 1.65. The van der Waals surface area contributed by atoms with E-state index >= 15 is 0 Å². The van der Waals surface area contributed by atoms with Crippen LogP contribution in [0.2, 0.25) is 0 Å². The van der Waals surface area contributed by atoms with Crippen molar-refractivity contribution in [1.82, 2.24) is 5.32 Å². The van der Waals surface area contributed by atoms with Crippen LogP contribution in [0.15, 0.2) is 12.2 Å². The van der Waals surface area contributed by atoms with E-state index in [1.54, 1.807) is 0 Å². The molecule has 3 heteroatoms. The topological polar surface area (TPSA) is 55.1 Å². The molecule has 1 amide bonds. The molecule has 0 aromatic heterocycles. The number of hydrogen-bond acceptors (Lipinski definition) is 2. The molecule has 0 radical (unpaired) electrons. The smallest absolute Gasteiger partial charge is 0.220 e. The second kappa shape index (κ2) is 6.66. The van der Waals surface area contributed by atoms with E-state index in [0.717, 1.165) is 18.4 Å². The molecule has 1 atom stereocenters. The number of amides is 1. The molecule has 0 bridgehead atoms. The quantitative estimate of drug-likeness (QED) is 0.609. The van der Waals surface area contributed by atoms with E-state index in [-0.39, 0.29) is 11.9 Å². The Morgan fingerprint density at radius 2 is 2.23 bits per heavy atom. The molecule has 0 aliphatic heterocycles. The Labute approximate surface area is 80.4 Å². The van der Waals surface area contributed by atoms with Gasteiger partial charge in [0.15, 0.2) is 0 Å². The van der Waals surface area contributed by atoms with E-state index in [1.807, 2.05) is 13.8 Å². The fourth-order valence-electron chi connectivity index (χ4n) is 0.922. The molecule has 76 valence electrons. The zero-order chi connectivity index (χ0) is 10.3. The zero-order valence-corrected chi connectivity index (χ0v) is 8.60. The number of nitrogens with one attached hydrogen (secondary N) is 1. The van der Waals surface area contributed by atoms with Crippen molar-refractivity contribution in [3.63, 3.8) is 0 Å². The summed E-state index contributed by atoms with van der Waals surface area (Å²) in [7, 11) is 0. The first-order valence-electron chi connectivity index (χ1n) is 4.69. The average Bonchev–Trinajstić information content (AvgIpc) is 2.00. The summed E-state index contributed by atoms with van der Waals surface area (Å²) in [6.45, 7) is 8.12. The monoisotopic (exact) mass is 184 g/mol. The predicted molar refractivity (Wildman–Crippen MR) is 55.3 cm³/mol. The van der Waals surface area contributed by atoms with Crippen LogP contribution in [0.5, 0.6) is 0 Å². The normalized spacial score (nSPS) is 12.2. The van der Waals surface area contributed by atoms with Crippen LogP contribution in [-0.4, -0.2) is 18.5 Å². The van der Waals surface area contributed by atoms with E-state index in [9.17, 15) is 4.79 Å². The second-order valence-corrected chi connectivity index (χ2v) is 3.60. The van der Waals surface area contributed by atoms with Crippen molar-refractivity contribution >= 4 is 5.91 Å². The maximum Gasteiger partial charge on any atom is 0.220 e. The maximum atomic E-state index is 11.1. The molecule has 0 spiro atoms. The van der Waals surface area contributed by atoms with Crippen LogP contribution in [-0.2, 0) is 4.79 Å². The van der Waals surface area contributed by atoms with Crippen LogP contribution in [0.4, 0.5) is 0 Å². The summed E-state index contributed by atoms with van der Waals surface area (Å²) in [5.74, 6) is 0.0867. The van der Waals surface area contributed by atoms with Gasteiger partial charge in [-0.05, 0) is 26.7 Å². The minimum Gasteiger partial charge on any atom is -0.352 e. The van der Waals surface area contributed by atoms with Crippen LogP contribution >= 0.6 is 0 Å². The predicted octanol–water partition coefficient (Wildman–Crippen LogP) is 1.20. The van der Waals surface area contributed by atoms with Gasteiger partial charge in [-0.3, -0.25) is 4.79 Å². The number of nitrogens with two attached hydrogens (primary N) is 1. The molecule has 0 saturated heterocycles. The third kappa shape index (κ3) is 9.08. The SMILES string of the molecule is C=C(C)CNC(=O)CCCC(C)N. The van der Waals surface area contributed by atoms with Crippen molar-refractivity contribution in [2.45, 2.75) is 39.2 Å². The highest BCUT2D eigenvalue weighted by atomic mass is 16.1. The molecule has 1 unspecified atom stereocenters. The van der Waals surface area contributed by atoms with Crippen molar-refractivity contribution in [3.8, 4) is 0 Å². The van der Waals surface area contributed by atoms with Gasteiger partial charge in [0.1, 0.15) is 0 Å². The Kier molecular flexibility index (Phi) is 6.24. The number of carbonyl (C=O) groups excluding carboxylic acids is 1. The Balaban J connectivity index is 3.36. The summed E-state index contributed by atoms with van der Waals surface area (Å²) in [5, 5.41) is 2.78. The van der Waals surface area contributed by atoms with Gasteiger partial charge in [-0.1, -0.05) is 12.2 Å². The van der Waals surface area contributed by atoms with Crippen molar-refractivity contribution in [3.05, 3.63) is 12.2 Å². The van der Waals surface area contributed by atoms with Crippen LogP contribution in [0.25, 0.3) is 0 Å². The molecule has 3 N–H and O–H groups in total. The van der Waals surface area contributed by atoms with Gasteiger partial charge in [-0.15, -0.1) is 0 Å². The van der Waals surface area contributed by atoms with E-state index in [4.69, 9.17) is 5.73 Å². The van der Waals surface area contributed by atoms with Gasteiger partial charge >= 0.3 is 0 Å². The lowest BCUT2D eigenvalue weighted by atomic mass is 10.1. The van der Waals surface area contributed by atoms with Crippen molar-refractivity contribution in [2.75, 3.05) is 6.54 Å². The molecule has 13 heavy (non-hydrogen) atoms. The van der Waals surface area contributed by atoms with E-state index in [1.165, 1.54) is 0 Å². The standard InChI is InChI=1S/C10H20N2O/c1-8(2)7-12-10(13)6-4-5-9(3)11/h9H,1,4-7,11H2,2-3H3,(H,12,13). The van der Waals surface area contributed by atoms with E-state index in [2.05, 4.69) is 11.9 Å². The minimum absolute atomic E-state index is 0.0867. The molecular weight excluding hydrogens is 164 g/mol. The second-order valence-electron chi connectivity index (χ2n) is 3.60.